The van der Waals surface area contributed by atoms with Crippen LogP contribution in [0.5, 0.6) is 0 Å². The number of hydrogen-bond donors (Lipinski definition) is 1. The molecule has 1 unspecified atom stereocenters. The number of hydrogen-bond acceptors (Lipinski definition) is 1. The summed E-state index contributed by atoms with van der Waals surface area (Å²) in [6, 6.07) is 0. The van der Waals surface area contributed by atoms with Gasteiger partial charge >= 0.3 is 0 Å². The zero-order valence-corrected chi connectivity index (χ0v) is 8.77. The Morgan fingerprint density at radius 3 is 2.50 bits per heavy atom. The monoisotopic (exact) mass is 169 g/mol. The molecule has 0 heterocycles. The van der Waals surface area contributed by atoms with Gasteiger partial charge in [-0.3, -0.25) is 0 Å². The first-order chi connectivity index (χ1) is 5.74. The van der Waals surface area contributed by atoms with Crippen LogP contribution < -0.4 is 5.73 Å². The van der Waals surface area contributed by atoms with Crippen LogP contribution in [0.25, 0.3) is 0 Å². The Bertz CT molecular complexity index is 127. The van der Waals surface area contributed by atoms with Crippen molar-refractivity contribution in [3.63, 3.8) is 0 Å². The first-order valence-corrected chi connectivity index (χ1v) is 5.12. The van der Waals surface area contributed by atoms with Gasteiger partial charge in [0.25, 0.3) is 0 Å². The Labute approximate surface area is 77.0 Å². The first-order valence-electron chi connectivity index (χ1n) is 5.12. The Hall–Kier alpha value is -0.300. The Balaban J connectivity index is 3.81. The minimum Gasteiger partial charge on any atom is -0.330 e. The molecule has 0 radical (unpaired) electrons. The lowest BCUT2D eigenvalue weighted by Gasteiger charge is -2.10. The van der Waals surface area contributed by atoms with E-state index in [0.717, 1.165) is 18.9 Å². The maximum atomic E-state index is 5.45. The van der Waals surface area contributed by atoms with E-state index >= 15 is 0 Å². The minimum absolute atomic E-state index is 0.782. The molecular formula is C11H23N. The predicted octanol–water partition coefficient (Wildman–Crippen LogP) is 3.11. The second kappa shape index (κ2) is 7.35. The largest absolute Gasteiger partial charge is 0.330 e. The van der Waals surface area contributed by atoms with Gasteiger partial charge in [0, 0.05) is 0 Å². The zero-order chi connectivity index (χ0) is 9.40. The summed E-state index contributed by atoms with van der Waals surface area (Å²) in [4.78, 5) is 0. The summed E-state index contributed by atoms with van der Waals surface area (Å²) in [5.41, 5.74) is 7.03. The number of rotatable bonds is 6. The third-order valence-electron chi connectivity index (χ3n) is 2.36. The summed E-state index contributed by atoms with van der Waals surface area (Å²) >= 11 is 0. The molecule has 0 saturated carbocycles. The molecule has 1 atom stereocenters. The normalized spacial score (nSPS) is 14.8. The minimum atomic E-state index is 0.782. The van der Waals surface area contributed by atoms with Crippen LogP contribution in [0.3, 0.4) is 0 Å². The van der Waals surface area contributed by atoms with E-state index in [2.05, 4.69) is 26.8 Å². The SMILES string of the molecule is CCC(=CCCN)CC(C)CC. The fourth-order valence-electron chi connectivity index (χ4n) is 1.25. The van der Waals surface area contributed by atoms with Gasteiger partial charge in [0.2, 0.25) is 0 Å². The van der Waals surface area contributed by atoms with Crippen LogP contribution >= 0.6 is 0 Å². The van der Waals surface area contributed by atoms with Crippen molar-refractivity contribution in [2.24, 2.45) is 11.7 Å². The van der Waals surface area contributed by atoms with Gasteiger partial charge in [-0.2, -0.15) is 0 Å². The molecule has 72 valence electrons. The second-order valence-corrected chi connectivity index (χ2v) is 3.51. The summed E-state index contributed by atoms with van der Waals surface area (Å²) in [6.07, 6.45) is 7.07. The molecule has 0 rings (SSSR count). The predicted molar refractivity (Wildman–Crippen MR) is 56.1 cm³/mol. The van der Waals surface area contributed by atoms with Crippen LogP contribution in [0, 0.1) is 5.92 Å². The van der Waals surface area contributed by atoms with Gasteiger partial charge < -0.3 is 5.73 Å². The highest BCUT2D eigenvalue weighted by molar-refractivity contribution is 5.02. The van der Waals surface area contributed by atoms with Gasteiger partial charge in [-0.05, 0) is 31.7 Å². The summed E-state index contributed by atoms with van der Waals surface area (Å²) in [5, 5.41) is 0. The van der Waals surface area contributed by atoms with E-state index in [9.17, 15) is 0 Å². The Morgan fingerprint density at radius 2 is 2.08 bits per heavy atom. The van der Waals surface area contributed by atoms with Crippen LogP contribution in [0.1, 0.15) is 46.5 Å². The van der Waals surface area contributed by atoms with Crippen molar-refractivity contribution in [2.75, 3.05) is 6.54 Å². The zero-order valence-electron chi connectivity index (χ0n) is 8.77. The highest BCUT2D eigenvalue weighted by atomic mass is 14.5. The van der Waals surface area contributed by atoms with Gasteiger partial charge in [-0.25, -0.2) is 0 Å². The summed E-state index contributed by atoms with van der Waals surface area (Å²) in [7, 11) is 0. The van der Waals surface area contributed by atoms with E-state index in [1.54, 1.807) is 5.57 Å². The van der Waals surface area contributed by atoms with E-state index in [1.165, 1.54) is 19.3 Å². The smallest absolute Gasteiger partial charge is 0.00425 e. The van der Waals surface area contributed by atoms with Crippen LogP contribution in [-0.2, 0) is 0 Å². The molecule has 0 spiro atoms. The van der Waals surface area contributed by atoms with E-state index < -0.39 is 0 Å². The molecule has 12 heavy (non-hydrogen) atoms. The van der Waals surface area contributed by atoms with Crippen LogP contribution in [0.2, 0.25) is 0 Å². The Kier molecular flexibility index (Phi) is 7.17. The van der Waals surface area contributed by atoms with Gasteiger partial charge in [0.1, 0.15) is 0 Å². The van der Waals surface area contributed by atoms with Crippen LogP contribution in [-0.4, -0.2) is 6.54 Å². The highest BCUT2D eigenvalue weighted by Crippen LogP contribution is 2.17. The van der Waals surface area contributed by atoms with Crippen LogP contribution in [0.15, 0.2) is 11.6 Å². The van der Waals surface area contributed by atoms with E-state index in [-0.39, 0.29) is 0 Å². The van der Waals surface area contributed by atoms with Gasteiger partial charge in [0.15, 0.2) is 0 Å². The molecule has 1 nitrogen and oxygen atoms in total. The average molecular weight is 169 g/mol. The van der Waals surface area contributed by atoms with E-state index in [0.29, 0.717) is 0 Å². The fourth-order valence-corrected chi connectivity index (χ4v) is 1.25. The van der Waals surface area contributed by atoms with Crippen molar-refractivity contribution in [3.8, 4) is 0 Å². The summed E-state index contributed by atoms with van der Waals surface area (Å²) < 4.78 is 0. The molecule has 0 aromatic carbocycles. The third-order valence-corrected chi connectivity index (χ3v) is 2.36. The molecule has 0 aliphatic carbocycles. The second-order valence-electron chi connectivity index (χ2n) is 3.51. The average Bonchev–Trinajstić information content (AvgIpc) is 2.11. The number of allylic oxidation sites excluding steroid dienone is 1. The van der Waals surface area contributed by atoms with E-state index in [1.807, 2.05) is 0 Å². The molecule has 0 aromatic heterocycles. The molecule has 0 aromatic rings. The lowest BCUT2D eigenvalue weighted by atomic mass is 9.96. The lowest BCUT2D eigenvalue weighted by molar-refractivity contribution is 0.549. The van der Waals surface area contributed by atoms with Crippen LogP contribution in [0.4, 0.5) is 0 Å². The highest BCUT2D eigenvalue weighted by Gasteiger charge is 2.01. The Morgan fingerprint density at radius 1 is 1.42 bits per heavy atom. The fraction of sp³-hybridized carbons (Fsp3) is 0.818. The molecule has 0 saturated heterocycles. The van der Waals surface area contributed by atoms with Gasteiger partial charge in [-0.15, -0.1) is 0 Å². The molecule has 2 N–H and O–H groups in total. The van der Waals surface area contributed by atoms with Gasteiger partial charge in [-0.1, -0.05) is 38.8 Å². The standard InChI is InChI=1S/C11H23N/c1-4-10(3)9-11(5-2)7-6-8-12/h7,10H,4-6,8-9,12H2,1-3H3. The van der Waals surface area contributed by atoms with Crippen molar-refractivity contribution in [2.45, 2.75) is 46.5 Å². The quantitative estimate of drug-likeness (QED) is 0.607. The summed E-state index contributed by atoms with van der Waals surface area (Å²) in [5.74, 6) is 0.828. The molecule has 1 heteroatoms. The van der Waals surface area contributed by atoms with Crippen molar-refractivity contribution in [1.29, 1.82) is 0 Å². The van der Waals surface area contributed by atoms with E-state index in [4.69, 9.17) is 5.73 Å². The maximum absolute atomic E-state index is 5.45. The molecule has 0 amide bonds. The molecule has 0 aliphatic heterocycles. The lowest BCUT2D eigenvalue weighted by Crippen LogP contribution is -1.98. The first kappa shape index (κ1) is 11.7. The van der Waals surface area contributed by atoms with Crippen molar-refractivity contribution >= 4 is 0 Å². The molecule has 0 bridgehead atoms. The van der Waals surface area contributed by atoms with Crippen molar-refractivity contribution in [1.82, 2.24) is 0 Å². The molecule has 0 fully saturated rings. The summed E-state index contributed by atoms with van der Waals surface area (Å²) in [6.45, 7) is 7.57. The molecular weight excluding hydrogens is 146 g/mol. The van der Waals surface area contributed by atoms with Crippen molar-refractivity contribution < 1.29 is 0 Å². The maximum Gasteiger partial charge on any atom is -0.00425 e. The molecule has 0 aliphatic rings. The number of nitrogens with two attached hydrogens (primary N) is 1. The van der Waals surface area contributed by atoms with Gasteiger partial charge in [0.05, 0.1) is 0 Å². The van der Waals surface area contributed by atoms with Crippen molar-refractivity contribution in [3.05, 3.63) is 11.6 Å². The topological polar surface area (TPSA) is 26.0 Å². The third kappa shape index (κ3) is 5.36.